The van der Waals surface area contributed by atoms with Crippen LogP contribution in [0.15, 0.2) is 30.3 Å². The molecule has 1 aromatic heterocycles. The normalized spacial score (nSPS) is 12.6. The van der Waals surface area contributed by atoms with Crippen LogP contribution >= 0.6 is 0 Å². The third-order valence-corrected chi connectivity index (χ3v) is 3.20. The van der Waals surface area contributed by atoms with E-state index in [0.717, 1.165) is 16.6 Å². The van der Waals surface area contributed by atoms with Crippen LogP contribution < -0.4 is 5.32 Å². The maximum absolute atomic E-state index is 11.9. The van der Waals surface area contributed by atoms with E-state index < -0.39 is 0 Å². The van der Waals surface area contributed by atoms with Crippen molar-refractivity contribution in [2.24, 2.45) is 0 Å². The van der Waals surface area contributed by atoms with Gasteiger partial charge in [0.2, 0.25) is 5.91 Å². The topological polar surface area (TPSA) is 54.3 Å². The summed E-state index contributed by atoms with van der Waals surface area (Å²) in [6, 6.07) is 10.1. The average molecular weight is 260 g/mol. The number of benzene rings is 1. The Kier molecular flexibility index (Phi) is 4.22. The van der Waals surface area contributed by atoms with Crippen molar-refractivity contribution in [3.05, 3.63) is 36.0 Å². The summed E-state index contributed by atoms with van der Waals surface area (Å²) < 4.78 is 2.01. The van der Waals surface area contributed by atoms with Gasteiger partial charge in [-0.1, -0.05) is 18.2 Å². The summed E-state index contributed by atoms with van der Waals surface area (Å²) in [5.41, 5.74) is 2.15. The summed E-state index contributed by atoms with van der Waals surface area (Å²) in [6.45, 7) is 4.55. The molecule has 0 fully saturated rings. The first-order chi connectivity index (χ1) is 9.08. The van der Waals surface area contributed by atoms with E-state index in [4.69, 9.17) is 5.11 Å². The van der Waals surface area contributed by atoms with E-state index in [0.29, 0.717) is 19.5 Å². The number of aliphatic hydroxyl groups excluding tert-OH is 1. The molecule has 0 saturated heterocycles. The molecule has 102 valence electrons. The first kappa shape index (κ1) is 13.6. The molecule has 0 aliphatic heterocycles. The van der Waals surface area contributed by atoms with Crippen LogP contribution in [0.4, 0.5) is 0 Å². The van der Waals surface area contributed by atoms with Gasteiger partial charge in [0.15, 0.2) is 0 Å². The fourth-order valence-electron chi connectivity index (χ4n) is 2.18. The highest BCUT2D eigenvalue weighted by atomic mass is 16.3. The van der Waals surface area contributed by atoms with E-state index >= 15 is 0 Å². The molecule has 0 aliphatic rings. The Bertz CT molecular complexity index is 573. The molecule has 1 aromatic carbocycles. The molecule has 1 unspecified atom stereocenters. The van der Waals surface area contributed by atoms with Crippen molar-refractivity contribution in [3.8, 4) is 0 Å². The van der Waals surface area contributed by atoms with Crippen LogP contribution in [0.3, 0.4) is 0 Å². The van der Waals surface area contributed by atoms with Crippen LogP contribution in [0.25, 0.3) is 10.9 Å². The van der Waals surface area contributed by atoms with Crippen LogP contribution in [0.5, 0.6) is 0 Å². The van der Waals surface area contributed by atoms with Crippen molar-refractivity contribution in [1.82, 2.24) is 9.88 Å². The van der Waals surface area contributed by atoms with Crippen molar-refractivity contribution in [2.45, 2.75) is 32.9 Å². The second-order valence-electron chi connectivity index (χ2n) is 4.92. The number of aryl methyl sites for hydroxylation is 1. The maximum atomic E-state index is 11.9. The third kappa shape index (κ3) is 3.35. The van der Waals surface area contributed by atoms with Gasteiger partial charge in [0.25, 0.3) is 0 Å². The number of carbonyl (C=O) groups is 1. The molecule has 1 heterocycles. The zero-order valence-corrected chi connectivity index (χ0v) is 11.4. The van der Waals surface area contributed by atoms with Crippen molar-refractivity contribution in [1.29, 1.82) is 0 Å². The number of para-hydroxylation sites is 1. The smallest absolute Gasteiger partial charge is 0.239 e. The standard InChI is InChI=1S/C15H20N2O2/c1-11-9-13-5-3-4-6-14(13)17(11)10-15(19)16-8-7-12(2)18/h3-6,9,12,18H,7-8,10H2,1-2H3,(H,16,19). The second kappa shape index (κ2) is 5.89. The SMILES string of the molecule is Cc1cc2ccccc2n1CC(=O)NCCC(C)O. The van der Waals surface area contributed by atoms with Crippen LogP contribution in [0, 0.1) is 6.92 Å². The lowest BCUT2D eigenvalue weighted by Gasteiger charge is -2.10. The van der Waals surface area contributed by atoms with Gasteiger partial charge in [-0.3, -0.25) is 4.79 Å². The number of carbonyl (C=O) groups excluding carboxylic acids is 1. The predicted molar refractivity (Wildman–Crippen MR) is 76.0 cm³/mol. The Morgan fingerprint density at radius 1 is 1.42 bits per heavy atom. The summed E-state index contributed by atoms with van der Waals surface area (Å²) in [5, 5.41) is 13.1. The predicted octanol–water partition coefficient (Wildman–Crippen LogP) is 1.84. The van der Waals surface area contributed by atoms with E-state index in [1.54, 1.807) is 6.92 Å². The molecule has 19 heavy (non-hydrogen) atoms. The van der Waals surface area contributed by atoms with Crippen LogP contribution in [-0.4, -0.2) is 28.2 Å². The number of amides is 1. The van der Waals surface area contributed by atoms with Crippen molar-refractivity contribution in [2.75, 3.05) is 6.54 Å². The number of aliphatic hydroxyl groups is 1. The molecular weight excluding hydrogens is 240 g/mol. The van der Waals surface area contributed by atoms with Crippen LogP contribution in [0.2, 0.25) is 0 Å². The van der Waals surface area contributed by atoms with E-state index in [9.17, 15) is 4.79 Å². The zero-order chi connectivity index (χ0) is 13.8. The highest BCUT2D eigenvalue weighted by Gasteiger charge is 2.09. The van der Waals surface area contributed by atoms with E-state index in [2.05, 4.69) is 11.4 Å². The van der Waals surface area contributed by atoms with Crippen LogP contribution in [0.1, 0.15) is 19.0 Å². The molecule has 0 saturated carbocycles. The summed E-state index contributed by atoms with van der Waals surface area (Å²) in [6.07, 6.45) is 0.200. The molecule has 0 aliphatic carbocycles. The quantitative estimate of drug-likeness (QED) is 0.862. The lowest BCUT2D eigenvalue weighted by Crippen LogP contribution is -2.30. The maximum Gasteiger partial charge on any atom is 0.239 e. The lowest BCUT2D eigenvalue weighted by molar-refractivity contribution is -0.121. The van der Waals surface area contributed by atoms with Gasteiger partial charge < -0.3 is 15.0 Å². The van der Waals surface area contributed by atoms with Gasteiger partial charge in [0.05, 0.1) is 6.10 Å². The molecule has 1 atom stereocenters. The minimum atomic E-state index is -0.380. The van der Waals surface area contributed by atoms with Crippen molar-refractivity contribution in [3.63, 3.8) is 0 Å². The average Bonchev–Trinajstić information content (AvgIpc) is 2.66. The first-order valence-electron chi connectivity index (χ1n) is 6.57. The Labute approximate surface area is 113 Å². The number of nitrogens with one attached hydrogen (secondary N) is 1. The lowest BCUT2D eigenvalue weighted by atomic mass is 10.2. The van der Waals surface area contributed by atoms with E-state index in [1.807, 2.05) is 35.8 Å². The summed E-state index contributed by atoms with van der Waals surface area (Å²) in [5.74, 6) is -0.0231. The fourth-order valence-corrected chi connectivity index (χ4v) is 2.18. The summed E-state index contributed by atoms with van der Waals surface area (Å²) in [4.78, 5) is 11.9. The van der Waals surface area contributed by atoms with Crippen molar-refractivity contribution >= 4 is 16.8 Å². The molecule has 2 N–H and O–H groups in total. The number of hydrogen-bond donors (Lipinski definition) is 2. The second-order valence-corrected chi connectivity index (χ2v) is 4.92. The first-order valence-corrected chi connectivity index (χ1v) is 6.57. The molecular formula is C15H20N2O2. The van der Waals surface area contributed by atoms with Gasteiger partial charge in [-0.15, -0.1) is 0 Å². The van der Waals surface area contributed by atoms with Crippen molar-refractivity contribution < 1.29 is 9.90 Å². The van der Waals surface area contributed by atoms with Crippen LogP contribution in [-0.2, 0) is 11.3 Å². The van der Waals surface area contributed by atoms with E-state index in [-0.39, 0.29) is 12.0 Å². The number of hydrogen-bond acceptors (Lipinski definition) is 2. The number of fused-ring (bicyclic) bond motifs is 1. The Balaban J connectivity index is 2.04. The number of nitrogens with zero attached hydrogens (tertiary/aromatic N) is 1. The molecule has 4 nitrogen and oxygen atoms in total. The van der Waals surface area contributed by atoms with Gasteiger partial charge in [-0.05, 0) is 37.8 Å². The largest absolute Gasteiger partial charge is 0.393 e. The number of rotatable bonds is 5. The van der Waals surface area contributed by atoms with Gasteiger partial charge in [-0.2, -0.15) is 0 Å². The van der Waals surface area contributed by atoms with Gasteiger partial charge >= 0.3 is 0 Å². The Hall–Kier alpha value is -1.81. The Morgan fingerprint density at radius 2 is 2.16 bits per heavy atom. The highest BCUT2D eigenvalue weighted by Crippen LogP contribution is 2.18. The van der Waals surface area contributed by atoms with Gasteiger partial charge in [0.1, 0.15) is 6.54 Å². The summed E-state index contributed by atoms with van der Waals surface area (Å²) in [7, 11) is 0. The highest BCUT2D eigenvalue weighted by molar-refractivity contribution is 5.84. The molecule has 1 amide bonds. The monoisotopic (exact) mass is 260 g/mol. The molecule has 0 bridgehead atoms. The third-order valence-electron chi connectivity index (χ3n) is 3.20. The Morgan fingerprint density at radius 3 is 2.89 bits per heavy atom. The minimum Gasteiger partial charge on any atom is -0.393 e. The fraction of sp³-hybridized carbons (Fsp3) is 0.400. The summed E-state index contributed by atoms with van der Waals surface area (Å²) >= 11 is 0. The van der Waals surface area contributed by atoms with Gasteiger partial charge in [-0.25, -0.2) is 0 Å². The zero-order valence-electron chi connectivity index (χ0n) is 11.4. The van der Waals surface area contributed by atoms with Gasteiger partial charge in [0, 0.05) is 17.8 Å². The molecule has 2 aromatic rings. The minimum absolute atomic E-state index is 0.0231. The molecule has 0 radical (unpaired) electrons. The molecule has 2 rings (SSSR count). The van der Waals surface area contributed by atoms with E-state index in [1.165, 1.54) is 0 Å². The number of aromatic nitrogens is 1. The molecule has 4 heteroatoms. The molecule has 0 spiro atoms.